The Balaban J connectivity index is 1.90. The number of ether oxygens (including phenoxy) is 1. The van der Waals surface area contributed by atoms with E-state index in [9.17, 15) is 14.7 Å². The summed E-state index contributed by atoms with van der Waals surface area (Å²) in [6, 6.07) is 7.09. The summed E-state index contributed by atoms with van der Waals surface area (Å²) < 4.78 is 5.45. The molecule has 5 nitrogen and oxygen atoms in total. The number of allylic oxidation sites excluding steroid dienone is 2. The Morgan fingerprint density at radius 2 is 2.05 bits per heavy atom. The van der Waals surface area contributed by atoms with Crippen LogP contribution >= 0.6 is 0 Å². The summed E-state index contributed by atoms with van der Waals surface area (Å²) in [7, 11) is 0. The van der Waals surface area contributed by atoms with Crippen LogP contribution in [0.2, 0.25) is 0 Å². The molecule has 1 amide bonds. The van der Waals surface area contributed by atoms with Crippen LogP contribution in [0.15, 0.2) is 36.4 Å². The quantitative estimate of drug-likeness (QED) is 0.847. The van der Waals surface area contributed by atoms with E-state index in [1.807, 2.05) is 12.1 Å². The predicted molar refractivity (Wildman–Crippen MR) is 77.3 cm³/mol. The minimum absolute atomic E-state index is 0.0126. The number of amides is 1. The highest BCUT2D eigenvalue weighted by atomic mass is 16.5. The van der Waals surface area contributed by atoms with Gasteiger partial charge in [-0.25, -0.2) is 4.79 Å². The molecule has 21 heavy (non-hydrogen) atoms. The van der Waals surface area contributed by atoms with Crippen LogP contribution < -0.4 is 9.64 Å². The first-order valence-electron chi connectivity index (χ1n) is 7.11. The molecule has 0 unspecified atom stereocenters. The molecule has 0 fully saturated rings. The Hall–Kier alpha value is -2.30. The SMILES string of the molecule is O=C(O)[C@H]1CN(C(=O)[C@@H]2CC=CCC2)c2ccccc2O1. The van der Waals surface area contributed by atoms with Gasteiger partial charge in [-0.3, -0.25) is 4.79 Å². The first kappa shape index (κ1) is 13.7. The highest BCUT2D eigenvalue weighted by molar-refractivity contribution is 5.98. The number of carboxylic acid groups (broad SMARTS) is 1. The van der Waals surface area contributed by atoms with E-state index in [-0.39, 0.29) is 18.4 Å². The van der Waals surface area contributed by atoms with Gasteiger partial charge < -0.3 is 14.7 Å². The van der Waals surface area contributed by atoms with Gasteiger partial charge in [-0.1, -0.05) is 24.3 Å². The molecule has 0 radical (unpaired) electrons. The number of benzene rings is 1. The van der Waals surface area contributed by atoms with Crippen LogP contribution in [0.3, 0.4) is 0 Å². The second-order valence-electron chi connectivity index (χ2n) is 5.34. The molecular formula is C16H17NO4. The summed E-state index contributed by atoms with van der Waals surface area (Å²) in [6.07, 6.45) is 5.51. The zero-order valence-electron chi connectivity index (χ0n) is 11.6. The van der Waals surface area contributed by atoms with Gasteiger partial charge in [0.25, 0.3) is 0 Å². The fourth-order valence-corrected chi connectivity index (χ4v) is 2.81. The normalized spacial score (nSPS) is 24.1. The summed E-state index contributed by atoms with van der Waals surface area (Å²) in [4.78, 5) is 25.5. The van der Waals surface area contributed by atoms with Gasteiger partial charge in [-0.05, 0) is 31.4 Å². The fraction of sp³-hybridized carbons (Fsp3) is 0.375. The van der Waals surface area contributed by atoms with Crippen molar-refractivity contribution in [2.45, 2.75) is 25.4 Å². The van der Waals surface area contributed by atoms with Crippen molar-refractivity contribution < 1.29 is 19.4 Å². The van der Waals surface area contributed by atoms with Crippen molar-refractivity contribution >= 4 is 17.6 Å². The molecule has 1 aliphatic carbocycles. The number of para-hydroxylation sites is 2. The van der Waals surface area contributed by atoms with Gasteiger partial charge in [-0.2, -0.15) is 0 Å². The van der Waals surface area contributed by atoms with E-state index in [0.717, 1.165) is 19.3 Å². The Morgan fingerprint density at radius 3 is 2.76 bits per heavy atom. The third-order valence-corrected chi connectivity index (χ3v) is 3.93. The van der Waals surface area contributed by atoms with E-state index in [1.165, 1.54) is 0 Å². The molecule has 0 saturated heterocycles. The van der Waals surface area contributed by atoms with E-state index in [4.69, 9.17) is 4.74 Å². The highest BCUT2D eigenvalue weighted by Gasteiger charge is 2.36. The third-order valence-electron chi connectivity index (χ3n) is 3.93. The zero-order valence-corrected chi connectivity index (χ0v) is 11.6. The second kappa shape index (κ2) is 5.60. The average molecular weight is 287 g/mol. The van der Waals surface area contributed by atoms with Gasteiger partial charge in [0.2, 0.25) is 12.0 Å². The number of hydrogen-bond donors (Lipinski definition) is 1. The summed E-state index contributed by atoms with van der Waals surface area (Å²) in [5, 5.41) is 9.20. The lowest BCUT2D eigenvalue weighted by molar-refractivity contribution is -0.145. The molecule has 0 bridgehead atoms. The molecule has 110 valence electrons. The van der Waals surface area contributed by atoms with Gasteiger partial charge in [0.1, 0.15) is 5.75 Å². The number of carbonyl (C=O) groups excluding carboxylic acids is 1. The van der Waals surface area contributed by atoms with Crippen LogP contribution in [0.25, 0.3) is 0 Å². The van der Waals surface area contributed by atoms with E-state index >= 15 is 0 Å². The molecule has 1 aromatic rings. The van der Waals surface area contributed by atoms with Gasteiger partial charge in [0.05, 0.1) is 12.2 Å². The number of hydrogen-bond acceptors (Lipinski definition) is 3. The maximum Gasteiger partial charge on any atom is 0.346 e. The van der Waals surface area contributed by atoms with Crippen molar-refractivity contribution in [1.29, 1.82) is 0 Å². The highest BCUT2D eigenvalue weighted by Crippen LogP contribution is 2.35. The summed E-state index contributed by atoms with van der Waals surface area (Å²) >= 11 is 0. The molecule has 0 aromatic heterocycles. The lowest BCUT2D eigenvalue weighted by Gasteiger charge is -2.35. The second-order valence-corrected chi connectivity index (χ2v) is 5.34. The number of carbonyl (C=O) groups is 2. The van der Waals surface area contributed by atoms with Crippen molar-refractivity contribution in [3.63, 3.8) is 0 Å². The van der Waals surface area contributed by atoms with Gasteiger partial charge >= 0.3 is 5.97 Å². The van der Waals surface area contributed by atoms with Gasteiger partial charge in [-0.15, -0.1) is 0 Å². The molecule has 1 aromatic carbocycles. The number of aliphatic carboxylic acids is 1. The number of carboxylic acids is 1. The molecule has 3 rings (SSSR count). The van der Waals surface area contributed by atoms with Gasteiger partial charge in [0, 0.05) is 5.92 Å². The van der Waals surface area contributed by atoms with Crippen LogP contribution in [0.5, 0.6) is 5.75 Å². The van der Waals surface area contributed by atoms with E-state index in [0.29, 0.717) is 11.4 Å². The monoisotopic (exact) mass is 287 g/mol. The molecular weight excluding hydrogens is 270 g/mol. The van der Waals surface area contributed by atoms with Gasteiger partial charge in [0.15, 0.2) is 0 Å². The topological polar surface area (TPSA) is 66.8 Å². The van der Waals surface area contributed by atoms with Crippen LogP contribution in [0, 0.1) is 5.92 Å². The molecule has 0 saturated carbocycles. The third kappa shape index (κ3) is 2.63. The number of fused-ring (bicyclic) bond motifs is 1. The smallest absolute Gasteiger partial charge is 0.346 e. The molecule has 0 spiro atoms. The first-order chi connectivity index (χ1) is 10.2. The lowest BCUT2D eigenvalue weighted by Crippen LogP contribution is -2.49. The molecule has 1 heterocycles. The zero-order chi connectivity index (χ0) is 14.8. The van der Waals surface area contributed by atoms with E-state index < -0.39 is 12.1 Å². The first-order valence-corrected chi connectivity index (χ1v) is 7.11. The van der Waals surface area contributed by atoms with E-state index in [1.54, 1.807) is 23.1 Å². The van der Waals surface area contributed by atoms with Crippen molar-refractivity contribution in [3.8, 4) is 5.75 Å². The lowest BCUT2D eigenvalue weighted by atomic mass is 9.92. The average Bonchev–Trinajstić information content (AvgIpc) is 2.54. The summed E-state index contributed by atoms with van der Waals surface area (Å²) in [6.45, 7) is 0.0609. The van der Waals surface area contributed by atoms with E-state index in [2.05, 4.69) is 6.08 Å². The molecule has 5 heteroatoms. The van der Waals surface area contributed by atoms with Crippen LogP contribution in [0.4, 0.5) is 5.69 Å². The molecule has 1 N–H and O–H groups in total. The predicted octanol–water partition coefficient (Wildman–Crippen LogP) is 2.22. The molecule has 2 aliphatic rings. The number of rotatable bonds is 2. The largest absolute Gasteiger partial charge is 0.478 e. The maximum absolute atomic E-state index is 12.7. The van der Waals surface area contributed by atoms with Crippen molar-refractivity contribution in [2.75, 3.05) is 11.4 Å². The van der Waals surface area contributed by atoms with Crippen molar-refractivity contribution in [3.05, 3.63) is 36.4 Å². The number of anilines is 1. The van der Waals surface area contributed by atoms with Crippen molar-refractivity contribution in [2.24, 2.45) is 5.92 Å². The summed E-state index contributed by atoms with van der Waals surface area (Å²) in [5.74, 6) is -0.682. The van der Waals surface area contributed by atoms with Crippen molar-refractivity contribution in [1.82, 2.24) is 0 Å². The Morgan fingerprint density at radius 1 is 1.24 bits per heavy atom. The summed E-state index contributed by atoms with van der Waals surface area (Å²) in [5.41, 5.74) is 0.662. The Labute approximate surface area is 122 Å². The Bertz CT molecular complexity index is 596. The standard InChI is InChI=1S/C16H17NO4/c18-15(11-6-2-1-3-7-11)17-10-14(16(19)20)21-13-9-5-4-8-12(13)17/h1-2,4-5,8-9,11,14H,3,6-7,10H2,(H,19,20)/t11-,14-/m1/s1. The fourth-order valence-electron chi connectivity index (χ4n) is 2.81. The number of nitrogens with zero attached hydrogens (tertiary/aromatic N) is 1. The minimum Gasteiger partial charge on any atom is -0.478 e. The molecule has 1 aliphatic heterocycles. The molecule has 2 atom stereocenters. The van der Waals surface area contributed by atoms with Crippen LogP contribution in [-0.4, -0.2) is 29.6 Å². The minimum atomic E-state index is -1.05. The Kier molecular flexibility index (Phi) is 3.64. The maximum atomic E-state index is 12.7. The van der Waals surface area contributed by atoms with Crippen LogP contribution in [0.1, 0.15) is 19.3 Å². The van der Waals surface area contributed by atoms with Crippen LogP contribution in [-0.2, 0) is 9.59 Å².